The molecule has 152 valence electrons. The normalized spacial score (nSPS) is 11.0. The Kier molecular flexibility index (Phi) is 4.49. The molecule has 0 saturated carbocycles. The van der Waals surface area contributed by atoms with Crippen molar-refractivity contribution in [2.24, 2.45) is 0 Å². The Balaban J connectivity index is 1.38. The molecule has 10 nitrogen and oxygen atoms in total. The Morgan fingerprint density at radius 3 is 2.84 bits per heavy atom. The highest BCUT2D eigenvalue weighted by atomic mass is 32.1. The number of nitrogens with zero attached hydrogens (tertiary/aromatic N) is 5. The lowest BCUT2D eigenvalue weighted by Crippen LogP contribution is -2.10. The summed E-state index contributed by atoms with van der Waals surface area (Å²) in [5, 5.41) is 26.9. The largest absolute Gasteiger partial charge is 0.451 e. The second-order valence-electron chi connectivity index (χ2n) is 6.44. The first kappa shape index (κ1) is 18.6. The molecule has 3 heterocycles. The van der Waals surface area contributed by atoms with Crippen molar-refractivity contribution in [3.63, 3.8) is 0 Å². The van der Waals surface area contributed by atoms with Crippen LogP contribution in [0.25, 0.3) is 26.9 Å². The lowest BCUT2D eigenvalue weighted by Gasteiger charge is -2.05. The molecule has 31 heavy (non-hydrogen) atoms. The third kappa shape index (κ3) is 3.53. The van der Waals surface area contributed by atoms with Crippen molar-refractivity contribution < 1.29 is 14.1 Å². The molecule has 1 amide bonds. The highest BCUT2D eigenvalue weighted by Gasteiger charge is 2.19. The molecular weight excluding hydrogens is 420 g/mol. The van der Waals surface area contributed by atoms with E-state index in [1.165, 1.54) is 35.9 Å². The minimum Gasteiger partial charge on any atom is -0.451 e. The van der Waals surface area contributed by atoms with Gasteiger partial charge in [0.2, 0.25) is 4.96 Å². The molecule has 0 radical (unpaired) electrons. The zero-order valence-corrected chi connectivity index (χ0v) is 16.4. The first-order valence-electron chi connectivity index (χ1n) is 9.01. The number of carbonyl (C=O) groups is 1. The van der Waals surface area contributed by atoms with Crippen LogP contribution in [0.2, 0.25) is 0 Å². The van der Waals surface area contributed by atoms with Crippen LogP contribution in [0.5, 0.6) is 0 Å². The monoisotopic (exact) mass is 432 g/mol. The SMILES string of the molecule is O=C(Nc1cccc(-c2nn3cnnc3s2)c1)c1ccc(-c2ccccc2[N+](=O)[O-])o1. The van der Waals surface area contributed by atoms with Gasteiger partial charge in [-0.05, 0) is 30.3 Å². The number of nitrogens with one attached hydrogen (secondary N) is 1. The van der Waals surface area contributed by atoms with Crippen molar-refractivity contribution in [3.05, 3.63) is 82.9 Å². The highest BCUT2D eigenvalue weighted by Crippen LogP contribution is 2.31. The van der Waals surface area contributed by atoms with Crippen LogP contribution in [-0.4, -0.2) is 30.6 Å². The maximum Gasteiger partial charge on any atom is 0.291 e. The van der Waals surface area contributed by atoms with Crippen LogP contribution < -0.4 is 5.32 Å². The third-order valence-electron chi connectivity index (χ3n) is 4.45. The van der Waals surface area contributed by atoms with Gasteiger partial charge in [-0.25, -0.2) is 0 Å². The minimum absolute atomic E-state index is 0.0392. The lowest BCUT2D eigenvalue weighted by atomic mass is 10.1. The summed E-state index contributed by atoms with van der Waals surface area (Å²) in [5.74, 6) is -0.191. The van der Waals surface area contributed by atoms with E-state index < -0.39 is 10.8 Å². The van der Waals surface area contributed by atoms with Crippen molar-refractivity contribution in [3.8, 4) is 21.9 Å². The van der Waals surface area contributed by atoms with Gasteiger partial charge < -0.3 is 9.73 Å². The summed E-state index contributed by atoms with van der Waals surface area (Å²) in [6, 6.07) is 16.4. The molecule has 2 aromatic carbocycles. The molecule has 5 aromatic rings. The maximum atomic E-state index is 12.7. The molecule has 0 aliphatic carbocycles. The quantitative estimate of drug-likeness (QED) is 0.324. The smallest absolute Gasteiger partial charge is 0.291 e. The topological polar surface area (TPSA) is 128 Å². The van der Waals surface area contributed by atoms with E-state index in [2.05, 4.69) is 20.6 Å². The molecule has 0 aliphatic rings. The number of rotatable bonds is 5. The standard InChI is InChI=1S/C20H12N6O4S/c27-18(17-9-8-16(30-17)14-6-1-2-7-15(14)26(28)29)22-13-5-3-4-12(10-13)19-24-25-11-21-23-20(25)31-19/h1-11H,(H,22,27). The van der Waals surface area contributed by atoms with Gasteiger partial charge in [-0.2, -0.15) is 9.61 Å². The molecule has 0 saturated heterocycles. The Labute approximate surface area is 177 Å². The average molecular weight is 432 g/mol. The second-order valence-corrected chi connectivity index (χ2v) is 7.39. The number of fused-ring (bicyclic) bond motifs is 1. The molecule has 1 N–H and O–H groups in total. The van der Waals surface area contributed by atoms with Crippen LogP contribution >= 0.6 is 11.3 Å². The van der Waals surface area contributed by atoms with Gasteiger partial charge in [0.05, 0.1) is 10.5 Å². The number of nitro benzene ring substituents is 1. The minimum atomic E-state index is -0.491. The van der Waals surface area contributed by atoms with Gasteiger partial charge >= 0.3 is 0 Å². The number of benzene rings is 2. The van der Waals surface area contributed by atoms with Gasteiger partial charge in [-0.1, -0.05) is 35.6 Å². The van der Waals surface area contributed by atoms with E-state index >= 15 is 0 Å². The van der Waals surface area contributed by atoms with E-state index in [4.69, 9.17) is 4.42 Å². The van der Waals surface area contributed by atoms with Crippen LogP contribution in [0.3, 0.4) is 0 Å². The molecule has 11 heteroatoms. The second kappa shape index (κ2) is 7.46. The number of amides is 1. The molecule has 0 unspecified atom stereocenters. The number of carbonyl (C=O) groups excluding carboxylic acids is 1. The van der Waals surface area contributed by atoms with Crippen molar-refractivity contribution in [1.82, 2.24) is 19.8 Å². The third-order valence-corrected chi connectivity index (χ3v) is 5.41. The van der Waals surface area contributed by atoms with Crippen molar-refractivity contribution in [1.29, 1.82) is 0 Å². The maximum absolute atomic E-state index is 12.7. The fourth-order valence-corrected chi connectivity index (χ4v) is 3.86. The Morgan fingerprint density at radius 2 is 2.00 bits per heavy atom. The van der Waals surface area contributed by atoms with Crippen molar-refractivity contribution in [2.45, 2.75) is 0 Å². The molecule has 0 fully saturated rings. The van der Waals surface area contributed by atoms with Gasteiger partial charge in [0, 0.05) is 17.3 Å². The van der Waals surface area contributed by atoms with Crippen molar-refractivity contribution in [2.75, 3.05) is 5.32 Å². The van der Waals surface area contributed by atoms with Crippen LogP contribution in [0.15, 0.2) is 71.4 Å². The predicted octanol–water partition coefficient (Wildman–Crippen LogP) is 4.27. The van der Waals surface area contributed by atoms with Gasteiger partial charge in [0.25, 0.3) is 11.6 Å². The number of aromatic nitrogens is 4. The van der Waals surface area contributed by atoms with Crippen LogP contribution in [0.4, 0.5) is 11.4 Å². The van der Waals surface area contributed by atoms with Crippen LogP contribution in [0.1, 0.15) is 10.6 Å². The Bertz CT molecular complexity index is 1410. The Hall–Kier alpha value is -4.38. The molecule has 0 atom stereocenters. The molecule has 3 aromatic heterocycles. The summed E-state index contributed by atoms with van der Waals surface area (Å²) in [6.45, 7) is 0. The van der Waals surface area contributed by atoms with Crippen LogP contribution in [-0.2, 0) is 0 Å². The summed E-state index contributed by atoms with van der Waals surface area (Å²) < 4.78 is 7.18. The van der Waals surface area contributed by atoms with Gasteiger partial charge in [0.15, 0.2) is 5.76 Å². The molecule has 5 rings (SSSR count). The van der Waals surface area contributed by atoms with E-state index in [9.17, 15) is 14.9 Å². The highest BCUT2D eigenvalue weighted by molar-refractivity contribution is 7.19. The number of furan rings is 1. The summed E-state index contributed by atoms with van der Waals surface area (Å²) in [6.07, 6.45) is 1.52. The van der Waals surface area contributed by atoms with E-state index in [1.807, 2.05) is 6.07 Å². The number of nitro groups is 1. The van der Waals surface area contributed by atoms with E-state index in [-0.39, 0.29) is 17.2 Å². The summed E-state index contributed by atoms with van der Waals surface area (Å²) >= 11 is 1.38. The van der Waals surface area contributed by atoms with Crippen molar-refractivity contribution >= 4 is 33.6 Å². The fraction of sp³-hybridized carbons (Fsp3) is 0. The molecular formula is C20H12N6O4S. The van der Waals surface area contributed by atoms with Gasteiger partial charge in [-0.15, -0.1) is 10.2 Å². The first-order valence-corrected chi connectivity index (χ1v) is 9.82. The van der Waals surface area contributed by atoms with Gasteiger partial charge in [-0.3, -0.25) is 14.9 Å². The summed E-state index contributed by atoms with van der Waals surface area (Å²) in [7, 11) is 0. The van der Waals surface area contributed by atoms with Gasteiger partial charge in [0.1, 0.15) is 17.1 Å². The molecule has 0 bridgehead atoms. The van der Waals surface area contributed by atoms with Crippen LogP contribution in [0, 0.1) is 10.1 Å². The van der Waals surface area contributed by atoms with E-state index in [0.29, 0.717) is 16.2 Å². The number of hydrogen-bond donors (Lipinski definition) is 1. The zero-order chi connectivity index (χ0) is 21.4. The molecule has 0 aliphatic heterocycles. The van der Waals surface area contributed by atoms with E-state index in [0.717, 1.165) is 10.6 Å². The Morgan fingerprint density at radius 1 is 1.13 bits per heavy atom. The lowest BCUT2D eigenvalue weighted by molar-refractivity contribution is -0.384. The zero-order valence-electron chi connectivity index (χ0n) is 15.6. The predicted molar refractivity (Wildman–Crippen MR) is 113 cm³/mol. The number of para-hydroxylation sites is 1. The molecule has 0 spiro atoms. The number of anilines is 1. The first-order chi connectivity index (χ1) is 15.1. The number of hydrogen-bond acceptors (Lipinski definition) is 8. The summed E-state index contributed by atoms with van der Waals surface area (Å²) in [5.41, 5.74) is 1.57. The average Bonchev–Trinajstić information content (AvgIpc) is 3.50. The fourth-order valence-electron chi connectivity index (χ4n) is 3.05. The summed E-state index contributed by atoms with van der Waals surface area (Å²) in [4.78, 5) is 24.1. The van der Waals surface area contributed by atoms with E-state index in [1.54, 1.807) is 40.9 Å².